The van der Waals surface area contributed by atoms with Gasteiger partial charge in [0.1, 0.15) is 17.5 Å². The van der Waals surface area contributed by atoms with Gasteiger partial charge in [0.2, 0.25) is 5.88 Å². The number of aliphatic hydroxyl groups excluding tert-OH is 1. The molecule has 3 fully saturated rings. The highest BCUT2D eigenvalue weighted by molar-refractivity contribution is 6.33. The summed E-state index contributed by atoms with van der Waals surface area (Å²) in [6, 6.07) is 1.32. The Labute approximate surface area is 219 Å². The van der Waals surface area contributed by atoms with Crippen LogP contribution in [0.3, 0.4) is 0 Å². The maximum atomic E-state index is 11.9. The smallest absolute Gasteiger partial charge is 0.306 e. The zero-order valence-corrected chi connectivity index (χ0v) is 22.5. The molecule has 5 N–H and O–H groups in total. The second-order valence-electron chi connectivity index (χ2n) is 9.69. The van der Waals surface area contributed by atoms with Crippen molar-refractivity contribution in [3.05, 3.63) is 16.7 Å². The van der Waals surface area contributed by atoms with Crippen LogP contribution in [0.5, 0.6) is 5.88 Å². The number of carbonyl (C=O) groups is 2. The van der Waals surface area contributed by atoms with E-state index in [0.29, 0.717) is 12.3 Å². The van der Waals surface area contributed by atoms with E-state index in [-0.39, 0.29) is 34.4 Å². The van der Waals surface area contributed by atoms with E-state index in [1.54, 1.807) is 0 Å². The number of esters is 1. The van der Waals surface area contributed by atoms with Gasteiger partial charge in [-0.2, -0.15) is 4.98 Å². The number of hydrogen-bond donors (Lipinski definition) is 3. The highest BCUT2D eigenvalue weighted by atomic mass is 35.5. The van der Waals surface area contributed by atoms with E-state index in [9.17, 15) is 9.59 Å². The molecule has 2 aliphatic carbocycles. The van der Waals surface area contributed by atoms with Crippen LogP contribution in [-0.4, -0.2) is 66.8 Å². The number of ether oxygens (including phenoxy) is 2. The number of aliphatic hydroxyl groups is 1. The summed E-state index contributed by atoms with van der Waals surface area (Å²) in [6.45, 7) is 3.79. The fraction of sp³-hybridized carbons (Fsp3) is 0.731. The first kappa shape index (κ1) is 30.1. The number of amides is 1. The van der Waals surface area contributed by atoms with Gasteiger partial charge in [0.15, 0.2) is 0 Å². The highest BCUT2D eigenvalue weighted by Crippen LogP contribution is 2.45. The molecule has 0 spiro atoms. The van der Waals surface area contributed by atoms with E-state index in [0.717, 1.165) is 25.9 Å². The number of halogens is 1. The van der Waals surface area contributed by atoms with Gasteiger partial charge in [0.25, 0.3) is 5.91 Å². The minimum atomic E-state index is -0.661. The van der Waals surface area contributed by atoms with Crippen molar-refractivity contribution in [1.29, 1.82) is 0 Å². The molecule has 1 aromatic heterocycles. The van der Waals surface area contributed by atoms with Crippen LogP contribution in [0.1, 0.15) is 81.0 Å². The Balaban J connectivity index is 0.000000262. The van der Waals surface area contributed by atoms with E-state index in [2.05, 4.69) is 9.88 Å². The predicted octanol–water partition coefficient (Wildman–Crippen LogP) is 3.80. The Morgan fingerprint density at radius 1 is 1.14 bits per heavy atom. The van der Waals surface area contributed by atoms with E-state index in [4.69, 9.17) is 37.6 Å². The number of aromatic nitrogens is 1. The topological polar surface area (TPSA) is 141 Å². The van der Waals surface area contributed by atoms with Crippen LogP contribution in [0.4, 0.5) is 5.82 Å². The van der Waals surface area contributed by atoms with Gasteiger partial charge in [-0.15, -0.1) is 0 Å². The third-order valence-corrected chi connectivity index (χ3v) is 7.49. The molecule has 204 valence electrons. The van der Waals surface area contributed by atoms with Crippen molar-refractivity contribution in [3.8, 4) is 5.88 Å². The molecule has 3 atom stereocenters. The number of carbonyl (C=O) groups excluding carboxylic acids is 2. The number of hydrogen-bond acceptors (Lipinski definition) is 8. The van der Waals surface area contributed by atoms with E-state index in [1.807, 2.05) is 0 Å². The molecule has 1 aromatic rings. The molecule has 10 heteroatoms. The van der Waals surface area contributed by atoms with Crippen LogP contribution < -0.4 is 16.2 Å². The van der Waals surface area contributed by atoms with Crippen LogP contribution in [0.15, 0.2) is 6.07 Å². The lowest BCUT2D eigenvalue weighted by molar-refractivity contribution is -0.151. The molecule has 2 heterocycles. The van der Waals surface area contributed by atoms with Crippen molar-refractivity contribution < 1.29 is 24.2 Å². The second-order valence-corrected chi connectivity index (χ2v) is 10.1. The van der Waals surface area contributed by atoms with Gasteiger partial charge in [0, 0.05) is 13.5 Å². The number of unbranched alkanes of at least 4 members (excludes halogenated alkanes) is 2. The van der Waals surface area contributed by atoms with Crippen LogP contribution >= 0.6 is 11.6 Å². The molecule has 1 amide bonds. The summed E-state index contributed by atoms with van der Waals surface area (Å²) in [4.78, 5) is 29.1. The monoisotopic (exact) mass is 526 g/mol. The Kier molecular flexibility index (Phi) is 13.3. The van der Waals surface area contributed by atoms with Gasteiger partial charge in [-0.1, -0.05) is 24.4 Å². The van der Waals surface area contributed by atoms with Crippen molar-refractivity contribution >= 4 is 29.3 Å². The third-order valence-electron chi connectivity index (χ3n) is 7.19. The molecule has 0 aromatic carbocycles. The average molecular weight is 527 g/mol. The molecule has 0 radical (unpaired) electrons. The number of anilines is 1. The summed E-state index contributed by atoms with van der Waals surface area (Å²) in [7, 11) is 2.36. The molecule has 2 bridgehead atoms. The Bertz CT molecular complexity index is 835. The quantitative estimate of drug-likeness (QED) is 0.326. The summed E-state index contributed by atoms with van der Waals surface area (Å²) in [5, 5.41) is 7.18. The number of nitrogen functional groups attached to an aromatic ring is 1. The number of likely N-dealkylation sites (tertiary alicyclic amines) is 1. The molecule has 1 saturated heterocycles. The molecular weight excluding hydrogens is 484 g/mol. The van der Waals surface area contributed by atoms with Gasteiger partial charge >= 0.3 is 5.97 Å². The van der Waals surface area contributed by atoms with Crippen molar-refractivity contribution in [2.24, 2.45) is 17.6 Å². The number of pyridine rings is 1. The average Bonchev–Trinajstić information content (AvgIpc) is 3.51. The number of nitrogens with two attached hydrogens (primary N) is 2. The van der Waals surface area contributed by atoms with E-state index < -0.39 is 5.91 Å². The fourth-order valence-electron chi connectivity index (χ4n) is 5.34. The molecule has 36 heavy (non-hydrogen) atoms. The van der Waals surface area contributed by atoms with Crippen LogP contribution in [0.2, 0.25) is 5.02 Å². The van der Waals surface area contributed by atoms with Crippen LogP contribution in [0, 0.1) is 11.8 Å². The highest BCUT2D eigenvalue weighted by Gasteiger charge is 2.41. The standard InChI is InChI=1S/C18H31NO2.C7H8ClN3O2.CH4O/c20-18(21-17-14-15-8-9-16(17)13-15)7-3-1-4-10-19-11-5-2-6-12-19;1-13-7-3(6(10)12)2-4(8)5(9)11-7;1-2/h15-17H,1-14H2;2H,1H3,(H2,9,11)(H2,10,12);2H,1H3. The molecule has 1 aliphatic heterocycles. The maximum absolute atomic E-state index is 11.9. The molecule has 9 nitrogen and oxygen atoms in total. The molecular formula is C26H43ClN4O5. The third kappa shape index (κ3) is 9.41. The number of rotatable bonds is 9. The van der Waals surface area contributed by atoms with Gasteiger partial charge in [-0.25, -0.2) is 0 Å². The summed E-state index contributed by atoms with van der Waals surface area (Å²) >= 11 is 5.64. The summed E-state index contributed by atoms with van der Waals surface area (Å²) in [5.41, 5.74) is 10.6. The molecule has 3 aliphatic rings. The Morgan fingerprint density at radius 3 is 2.44 bits per heavy atom. The summed E-state index contributed by atoms with van der Waals surface area (Å²) in [6.07, 6.45) is 13.6. The summed E-state index contributed by atoms with van der Waals surface area (Å²) in [5.74, 6) is 1.13. The van der Waals surface area contributed by atoms with Crippen molar-refractivity contribution in [2.45, 2.75) is 76.7 Å². The lowest BCUT2D eigenvalue weighted by Gasteiger charge is -2.26. The lowest BCUT2D eigenvalue weighted by Crippen LogP contribution is -2.30. The Hall–Kier alpha value is -2.10. The Morgan fingerprint density at radius 2 is 1.86 bits per heavy atom. The lowest BCUT2D eigenvalue weighted by atomic mass is 9.98. The van der Waals surface area contributed by atoms with Gasteiger partial charge in [0.05, 0.1) is 12.1 Å². The number of piperidine rings is 1. The minimum absolute atomic E-state index is 0.0607. The van der Waals surface area contributed by atoms with Crippen LogP contribution in [-0.2, 0) is 9.53 Å². The minimum Gasteiger partial charge on any atom is -0.480 e. The first-order valence-corrected chi connectivity index (χ1v) is 13.4. The second kappa shape index (κ2) is 15.9. The predicted molar refractivity (Wildman–Crippen MR) is 141 cm³/mol. The van der Waals surface area contributed by atoms with Crippen molar-refractivity contribution in [2.75, 3.05) is 39.6 Å². The number of nitrogens with zero attached hydrogens (tertiary/aromatic N) is 2. The number of primary amides is 1. The zero-order chi connectivity index (χ0) is 26.5. The normalized spacial score (nSPS) is 22.6. The van der Waals surface area contributed by atoms with Crippen LogP contribution in [0.25, 0.3) is 0 Å². The summed E-state index contributed by atoms with van der Waals surface area (Å²) < 4.78 is 10.5. The van der Waals surface area contributed by atoms with Gasteiger partial charge in [-0.3, -0.25) is 9.59 Å². The van der Waals surface area contributed by atoms with Gasteiger partial charge in [-0.05, 0) is 88.9 Å². The SMILES string of the molecule is CO.COc1nc(N)c(Cl)cc1C(N)=O.O=C(CCCCCN1CCCCC1)OC1CC2CCC1C2. The van der Waals surface area contributed by atoms with Gasteiger partial charge < -0.3 is 30.9 Å². The first-order chi connectivity index (χ1) is 17.4. The fourth-order valence-corrected chi connectivity index (χ4v) is 5.49. The van der Waals surface area contributed by atoms with Crippen molar-refractivity contribution in [1.82, 2.24) is 9.88 Å². The molecule has 2 saturated carbocycles. The molecule has 3 unspecified atom stereocenters. The first-order valence-electron chi connectivity index (χ1n) is 13.0. The molecule has 4 rings (SSSR count). The number of fused-ring (bicyclic) bond motifs is 2. The van der Waals surface area contributed by atoms with E-state index >= 15 is 0 Å². The van der Waals surface area contributed by atoms with Crippen molar-refractivity contribution in [3.63, 3.8) is 0 Å². The van der Waals surface area contributed by atoms with E-state index in [1.165, 1.54) is 84.2 Å². The maximum Gasteiger partial charge on any atom is 0.306 e. The largest absolute Gasteiger partial charge is 0.480 e. The zero-order valence-electron chi connectivity index (χ0n) is 21.7. The number of methoxy groups -OCH3 is 1.